The van der Waals surface area contributed by atoms with Crippen molar-refractivity contribution < 1.29 is 27.8 Å². The Labute approximate surface area is 182 Å². The van der Waals surface area contributed by atoms with Crippen molar-refractivity contribution in [2.24, 2.45) is 0 Å². The van der Waals surface area contributed by atoms with Gasteiger partial charge >= 0.3 is 12.1 Å². The maximum atomic E-state index is 12.9. The third-order valence-electron chi connectivity index (χ3n) is 4.80. The fraction of sp³-hybridized carbons (Fsp3) is 0.217. The van der Waals surface area contributed by atoms with E-state index in [9.17, 15) is 18.0 Å². The lowest BCUT2D eigenvalue weighted by Crippen LogP contribution is -2.19. The Hall–Kier alpha value is -2.90. The number of ether oxygens (including phenoxy) is 1. The van der Waals surface area contributed by atoms with Gasteiger partial charge in [0.25, 0.3) is 0 Å². The van der Waals surface area contributed by atoms with Crippen molar-refractivity contribution in [3.63, 3.8) is 0 Å². The summed E-state index contributed by atoms with van der Waals surface area (Å²) in [7, 11) is 0. The molecule has 0 saturated carbocycles. The molecular formula is C23H19ClF3NO3. The van der Waals surface area contributed by atoms with Gasteiger partial charge in [0.2, 0.25) is 0 Å². The van der Waals surface area contributed by atoms with Crippen LogP contribution in [0.15, 0.2) is 54.6 Å². The lowest BCUT2D eigenvalue weighted by molar-refractivity contribution is -0.149. The molecule has 0 fully saturated rings. The summed E-state index contributed by atoms with van der Waals surface area (Å²) in [6.07, 6.45) is -5.42. The average Bonchev–Trinajstić information content (AvgIpc) is 2.72. The smallest absolute Gasteiger partial charge is 0.416 e. The number of carbonyl (C=O) groups is 1. The molecule has 0 aliphatic carbocycles. The summed E-state index contributed by atoms with van der Waals surface area (Å²) in [5.74, 6) is -1.08. The molecule has 0 saturated heterocycles. The maximum Gasteiger partial charge on any atom is 0.416 e. The fourth-order valence-corrected chi connectivity index (χ4v) is 3.09. The van der Waals surface area contributed by atoms with Gasteiger partial charge in [-0.1, -0.05) is 35.9 Å². The summed E-state index contributed by atoms with van der Waals surface area (Å²) < 4.78 is 44.2. The van der Waals surface area contributed by atoms with E-state index in [1.54, 1.807) is 31.2 Å². The SMILES string of the molecule is Cc1nc(-c2ccc(C(F)(F)F)cc2)c(-c2ccc(Cl)cc2)cc1COC(C)C(=O)O. The van der Waals surface area contributed by atoms with Gasteiger partial charge < -0.3 is 9.84 Å². The molecule has 1 N–H and O–H groups in total. The Morgan fingerprint density at radius 3 is 2.23 bits per heavy atom. The molecule has 0 radical (unpaired) electrons. The van der Waals surface area contributed by atoms with Crippen LogP contribution in [-0.2, 0) is 22.3 Å². The highest BCUT2D eigenvalue weighted by Crippen LogP contribution is 2.35. The van der Waals surface area contributed by atoms with Crippen LogP contribution < -0.4 is 0 Å². The Balaban J connectivity index is 2.08. The quantitative estimate of drug-likeness (QED) is 0.474. The Morgan fingerprint density at radius 1 is 1.10 bits per heavy atom. The number of aliphatic carboxylic acids is 1. The topological polar surface area (TPSA) is 59.4 Å². The molecule has 3 rings (SSSR count). The third-order valence-corrected chi connectivity index (χ3v) is 5.05. The molecule has 1 heterocycles. The number of carboxylic acids is 1. The van der Waals surface area contributed by atoms with Crippen molar-refractivity contribution in [2.75, 3.05) is 0 Å². The summed E-state index contributed by atoms with van der Waals surface area (Å²) in [6.45, 7) is 3.20. The predicted octanol–water partition coefficient (Wildman–Crippen LogP) is 6.39. The molecule has 31 heavy (non-hydrogen) atoms. The van der Waals surface area contributed by atoms with Crippen LogP contribution in [0, 0.1) is 6.92 Å². The first-order chi connectivity index (χ1) is 14.6. The Morgan fingerprint density at radius 2 is 1.68 bits per heavy atom. The van der Waals surface area contributed by atoms with Crippen LogP contribution in [0.2, 0.25) is 5.02 Å². The Bertz CT molecular complexity index is 1080. The molecule has 1 unspecified atom stereocenters. The molecular weight excluding hydrogens is 431 g/mol. The lowest BCUT2D eigenvalue weighted by Gasteiger charge is -2.16. The zero-order chi connectivity index (χ0) is 22.8. The predicted molar refractivity (Wildman–Crippen MR) is 112 cm³/mol. The van der Waals surface area contributed by atoms with Crippen molar-refractivity contribution in [2.45, 2.75) is 32.7 Å². The molecule has 0 aliphatic rings. The second kappa shape index (κ2) is 9.08. The van der Waals surface area contributed by atoms with Gasteiger partial charge in [0, 0.05) is 21.8 Å². The number of aromatic nitrogens is 1. The largest absolute Gasteiger partial charge is 0.479 e. The fourth-order valence-electron chi connectivity index (χ4n) is 2.97. The highest BCUT2D eigenvalue weighted by molar-refractivity contribution is 6.30. The van der Waals surface area contributed by atoms with Gasteiger partial charge in [-0.3, -0.25) is 4.98 Å². The number of rotatable bonds is 6. The van der Waals surface area contributed by atoms with Crippen LogP contribution in [0.3, 0.4) is 0 Å². The van der Waals surface area contributed by atoms with Crippen molar-refractivity contribution in [3.05, 3.63) is 76.4 Å². The van der Waals surface area contributed by atoms with E-state index in [2.05, 4.69) is 4.98 Å². The summed E-state index contributed by atoms with van der Waals surface area (Å²) in [5, 5.41) is 9.57. The van der Waals surface area contributed by atoms with Gasteiger partial charge in [-0.05, 0) is 55.3 Å². The third kappa shape index (κ3) is 5.42. The number of hydrogen-bond donors (Lipinski definition) is 1. The first-order valence-electron chi connectivity index (χ1n) is 9.34. The lowest BCUT2D eigenvalue weighted by atomic mass is 9.96. The average molecular weight is 450 g/mol. The van der Waals surface area contributed by atoms with Gasteiger partial charge in [-0.25, -0.2) is 4.79 Å². The molecule has 0 spiro atoms. The monoisotopic (exact) mass is 449 g/mol. The van der Waals surface area contributed by atoms with E-state index in [4.69, 9.17) is 21.4 Å². The minimum Gasteiger partial charge on any atom is -0.479 e. The number of pyridine rings is 1. The number of nitrogens with zero attached hydrogens (tertiary/aromatic N) is 1. The normalized spacial score (nSPS) is 12.6. The van der Waals surface area contributed by atoms with Gasteiger partial charge in [0.1, 0.15) is 0 Å². The van der Waals surface area contributed by atoms with Gasteiger partial charge in [0.05, 0.1) is 17.9 Å². The standard InChI is InChI=1S/C23H19ClF3NO3/c1-13-17(12-31-14(2)22(29)30)11-20(15-5-9-19(24)10-6-15)21(28-13)16-3-7-18(8-4-16)23(25,26)27/h3-11,14H,12H2,1-2H3,(H,29,30). The maximum absolute atomic E-state index is 12.9. The first-order valence-corrected chi connectivity index (χ1v) is 9.72. The van der Waals surface area contributed by atoms with Gasteiger partial charge in [-0.15, -0.1) is 0 Å². The van der Waals surface area contributed by atoms with Crippen LogP contribution in [-0.4, -0.2) is 22.2 Å². The number of alkyl halides is 3. The van der Waals surface area contributed by atoms with Crippen LogP contribution in [0.25, 0.3) is 22.4 Å². The molecule has 1 atom stereocenters. The van der Waals surface area contributed by atoms with E-state index >= 15 is 0 Å². The summed E-state index contributed by atoms with van der Waals surface area (Å²) in [4.78, 5) is 15.6. The summed E-state index contributed by atoms with van der Waals surface area (Å²) >= 11 is 5.99. The Kier molecular flexibility index (Phi) is 6.67. The highest BCUT2D eigenvalue weighted by Gasteiger charge is 2.30. The van der Waals surface area contributed by atoms with Crippen molar-refractivity contribution in [3.8, 4) is 22.4 Å². The minimum atomic E-state index is -4.43. The van der Waals surface area contributed by atoms with E-state index in [0.717, 1.165) is 17.7 Å². The summed E-state index contributed by atoms with van der Waals surface area (Å²) in [5.41, 5.74) is 2.98. The van der Waals surface area contributed by atoms with Crippen LogP contribution >= 0.6 is 11.6 Å². The van der Waals surface area contributed by atoms with E-state index < -0.39 is 23.8 Å². The molecule has 162 valence electrons. The number of halogens is 4. The van der Waals surface area contributed by atoms with E-state index in [1.807, 2.05) is 6.07 Å². The molecule has 0 amide bonds. The van der Waals surface area contributed by atoms with Crippen molar-refractivity contribution in [1.82, 2.24) is 4.98 Å². The first kappa shape index (κ1) is 22.8. The van der Waals surface area contributed by atoms with Gasteiger partial charge in [0.15, 0.2) is 6.10 Å². The molecule has 0 bridgehead atoms. The van der Waals surface area contributed by atoms with Crippen molar-refractivity contribution in [1.29, 1.82) is 0 Å². The van der Waals surface area contributed by atoms with Crippen LogP contribution in [0.4, 0.5) is 13.2 Å². The number of carboxylic acid groups (broad SMARTS) is 1. The van der Waals surface area contributed by atoms with E-state index in [0.29, 0.717) is 33.1 Å². The molecule has 0 aliphatic heterocycles. The second-order valence-corrected chi connectivity index (χ2v) is 7.44. The van der Waals surface area contributed by atoms with E-state index in [1.165, 1.54) is 19.1 Å². The van der Waals surface area contributed by atoms with Crippen LogP contribution in [0.1, 0.15) is 23.7 Å². The molecule has 1 aromatic heterocycles. The van der Waals surface area contributed by atoms with E-state index in [-0.39, 0.29) is 6.61 Å². The number of benzene rings is 2. The van der Waals surface area contributed by atoms with Crippen molar-refractivity contribution >= 4 is 17.6 Å². The zero-order valence-corrected chi connectivity index (χ0v) is 17.5. The summed E-state index contributed by atoms with van der Waals surface area (Å²) in [6, 6.07) is 13.6. The van der Waals surface area contributed by atoms with Crippen LogP contribution in [0.5, 0.6) is 0 Å². The number of hydrogen-bond acceptors (Lipinski definition) is 3. The molecule has 2 aromatic carbocycles. The number of aryl methyl sites for hydroxylation is 1. The highest BCUT2D eigenvalue weighted by atomic mass is 35.5. The molecule has 8 heteroatoms. The minimum absolute atomic E-state index is 0.0280. The second-order valence-electron chi connectivity index (χ2n) is 7.00. The molecule has 3 aromatic rings. The zero-order valence-electron chi connectivity index (χ0n) is 16.7. The molecule has 4 nitrogen and oxygen atoms in total. The van der Waals surface area contributed by atoms with Gasteiger partial charge in [-0.2, -0.15) is 13.2 Å².